The molecule has 0 radical (unpaired) electrons. The Labute approximate surface area is 115 Å². The van der Waals surface area contributed by atoms with Crippen LogP contribution < -0.4 is 10.6 Å². The largest absolute Gasteiger partial charge is 0.367 e. The lowest BCUT2D eigenvalue weighted by Gasteiger charge is -2.24. The van der Waals surface area contributed by atoms with Gasteiger partial charge in [0.2, 0.25) is 0 Å². The first-order valence-corrected chi connectivity index (χ1v) is 6.83. The molecule has 2 heteroatoms. The second kappa shape index (κ2) is 6.39. The van der Waals surface area contributed by atoms with Crippen molar-refractivity contribution in [1.82, 2.24) is 0 Å². The quantitative estimate of drug-likeness (QED) is 0.885. The first-order valence-electron chi connectivity index (χ1n) is 6.83. The van der Waals surface area contributed by atoms with Gasteiger partial charge in [-0.25, -0.2) is 0 Å². The summed E-state index contributed by atoms with van der Waals surface area (Å²) in [6.07, 6.45) is 0. The normalized spacial score (nSPS) is 10.5. The number of nitrogens with zero attached hydrogens (tertiary/aromatic N) is 1. The molecular weight excluding hydrogens is 232 g/mol. The van der Waals surface area contributed by atoms with Gasteiger partial charge in [-0.15, -0.1) is 0 Å². The van der Waals surface area contributed by atoms with Crippen molar-refractivity contribution < 1.29 is 0 Å². The fourth-order valence-corrected chi connectivity index (χ4v) is 2.33. The third kappa shape index (κ3) is 3.36. The molecule has 2 aromatic carbocycles. The summed E-state index contributed by atoms with van der Waals surface area (Å²) in [6, 6.07) is 17.1. The topological polar surface area (TPSA) is 29.3 Å². The standard InChI is InChI=1S/C17H22N2/c1-3-19(17-10-6-7-14(2)11-17)13-16-9-5-4-8-15(16)12-18/h4-11H,3,12-13,18H2,1-2H3. The number of hydrogen-bond donors (Lipinski definition) is 1. The van der Waals surface area contributed by atoms with Crippen molar-refractivity contribution in [3.8, 4) is 0 Å². The van der Waals surface area contributed by atoms with Crippen molar-refractivity contribution >= 4 is 5.69 Å². The third-order valence-electron chi connectivity index (χ3n) is 3.45. The van der Waals surface area contributed by atoms with Gasteiger partial charge in [-0.3, -0.25) is 0 Å². The van der Waals surface area contributed by atoms with E-state index in [1.807, 2.05) is 0 Å². The summed E-state index contributed by atoms with van der Waals surface area (Å²) in [6.45, 7) is 6.82. The second-order valence-corrected chi connectivity index (χ2v) is 4.83. The van der Waals surface area contributed by atoms with Crippen LogP contribution in [0, 0.1) is 6.92 Å². The molecular formula is C17H22N2. The molecule has 0 saturated carbocycles. The van der Waals surface area contributed by atoms with Crippen LogP contribution in [-0.4, -0.2) is 6.54 Å². The number of aryl methyl sites for hydroxylation is 1. The second-order valence-electron chi connectivity index (χ2n) is 4.83. The Morgan fingerprint density at radius 3 is 2.37 bits per heavy atom. The number of anilines is 1. The summed E-state index contributed by atoms with van der Waals surface area (Å²) >= 11 is 0. The van der Waals surface area contributed by atoms with E-state index in [0.29, 0.717) is 6.54 Å². The average Bonchev–Trinajstić information content (AvgIpc) is 2.45. The molecule has 2 N–H and O–H groups in total. The fraction of sp³-hybridized carbons (Fsp3) is 0.294. The summed E-state index contributed by atoms with van der Waals surface area (Å²) in [5.41, 5.74) is 10.9. The van der Waals surface area contributed by atoms with Crippen LogP contribution in [0.4, 0.5) is 5.69 Å². The van der Waals surface area contributed by atoms with Gasteiger partial charge in [0.1, 0.15) is 0 Å². The van der Waals surface area contributed by atoms with Gasteiger partial charge >= 0.3 is 0 Å². The molecule has 2 rings (SSSR count). The molecule has 0 atom stereocenters. The predicted molar refractivity (Wildman–Crippen MR) is 82.2 cm³/mol. The summed E-state index contributed by atoms with van der Waals surface area (Å²) < 4.78 is 0. The lowest BCUT2D eigenvalue weighted by Crippen LogP contribution is -2.23. The molecule has 0 unspecified atom stereocenters. The monoisotopic (exact) mass is 254 g/mol. The van der Waals surface area contributed by atoms with E-state index in [4.69, 9.17) is 5.73 Å². The number of rotatable bonds is 5. The maximum absolute atomic E-state index is 5.81. The van der Waals surface area contributed by atoms with E-state index in [9.17, 15) is 0 Å². The minimum Gasteiger partial charge on any atom is -0.367 e. The van der Waals surface area contributed by atoms with Crippen LogP contribution in [0.3, 0.4) is 0 Å². The molecule has 0 aliphatic heterocycles. The highest BCUT2D eigenvalue weighted by atomic mass is 15.1. The van der Waals surface area contributed by atoms with Gasteiger partial charge in [-0.05, 0) is 42.7 Å². The molecule has 19 heavy (non-hydrogen) atoms. The Bertz CT molecular complexity index is 534. The van der Waals surface area contributed by atoms with Gasteiger partial charge < -0.3 is 10.6 Å². The van der Waals surface area contributed by atoms with Crippen LogP contribution in [-0.2, 0) is 13.1 Å². The minimum absolute atomic E-state index is 0.599. The Kier molecular flexibility index (Phi) is 4.58. The van der Waals surface area contributed by atoms with Crippen LogP contribution in [0.15, 0.2) is 48.5 Å². The minimum atomic E-state index is 0.599. The first kappa shape index (κ1) is 13.6. The van der Waals surface area contributed by atoms with E-state index in [2.05, 4.69) is 67.3 Å². The fourth-order valence-electron chi connectivity index (χ4n) is 2.33. The molecule has 0 saturated heterocycles. The van der Waals surface area contributed by atoms with Crippen LogP contribution >= 0.6 is 0 Å². The maximum Gasteiger partial charge on any atom is 0.0432 e. The van der Waals surface area contributed by atoms with Crippen LogP contribution in [0.5, 0.6) is 0 Å². The van der Waals surface area contributed by atoms with E-state index in [1.54, 1.807) is 0 Å². The average molecular weight is 254 g/mol. The molecule has 0 heterocycles. The highest BCUT2D eigenvalue weighted by molar-refractivity contribution is 5.49. The van der Waals surface area contributed by atoms with Gasteiger partial charge in [0.05, 0.1) is 0 Å². The summed E-state index contributed by atoms with van der Waals surface area (Å²) in [4.78, 5) is 2.38. The molecule has 0 aromatic heterocycles. The third-order valence-corrected chi connectivity index (χ3v) is 3.45. The van der Waals surface area contributed by atoms with Crippen molar-refractivity contribution in [2.24, 2.45) is 5.73 Å². The summed E-state index contributed by atoms with van der Waals surface area (Å²) in [5.74, 6) is 0. The van der Waals surface area contributed by atoms with E-state index in [-0.39, 0.29) is 0 Å². The molecule has 0 aliphatic carbocycles. The SMILES string of the molecule is CCN(Cc1ccccc1CN)c1cccc(C)c1. The number of benzene rings is 2. The van der Waals surface area contributed by atoms with Gasteiger partial charge in [-0.2, -0.15) is 0 Å². The Hall–Kier alpha value is -1.80. The van der Waals surface area contributed by atoms with E-state index in [0.717, 1.165) is 13.1 Å². The summed E-state index contributed by atoms with van der Waals surface area (Å²) in [7, 11) is 0. The smallest absolute Gasteiger partial charge is 0.0432 e. The molecule has 2 nitrogen and oxygen atoms in total. The van der Waals surface area contributed by atoms with Crippen molar-refractivity contribution in [1.29, 1.82) is 0 Å². The molecule has 0 fully saturated rings. The van der Waals surface area contributed by atoms with Crippen LogP contribution in [0.2, 0.25) is 0 Å². The highest BCUT2D eigenvalue weighted by Gasteiger charge is 2.07. The number of hydrogen-bond acceptors (Lipinski definition) is 2. The van der Waals surface area contributed by atoms with Crippen molar-refractivity contribution in [3.63, 3.8) is 0 Å². The zero-order valence-electron chi connectivity index (χ0n) is 11.8. The predicted octanol–water partition coefficient (Wildman–Crippen LogP) is 3.48. The molecule has 0 bridgehead atoms. The zero-order valence-corrected chi connectivity index (χ0v) is 11.8. The van der Waals surface area contributed by atoms with Gasteiger partial charge in [0, 0.05) is 25.3 Å². The Balaban J connectivity index is 2.24. The Morgan fingerprint density at radius 2 is 1.74 bits per heavy atom. The molecule has 0 amide bonds. The van der Waals surface area contributed by atoms with Crippen molar-refractivity contribution in [3.05, 3.63) is 65.2 Å². The zero-order chi connectivity index (χ0) is 13.7. The van der Waals surface area contributed by atoms with Gasteiger partial charge in [-0.1, -0.05) is 36.4 Å². The molecule has 0 spiro atoms. The van der Waals surface area contributed by atoms with Crippen molar-refractivity contribution in [2.45, 2.75) is 26.9 Å². The van der Waals surface area contributed by atoms with Crippen LogP contribution in [0.1, 0.15) is 23.6 Å². The Morgan fingerprint density at radius 1 is 1.00 bits per heavy atom. The lowest BCUT2D eigenvalue weighted by atomic mass is 10.1. The van der Waals surface area contributed by atoms with Gasteiger partial charge in [0.25, 0.3) is 0 Å². The van der Waals surface area contributed by atoms with Gasteiger partial charge in [0.15, 0.2) is 0 Å². The lowest BCUT2D eigenvalue weighted by molar-refractivity contribution is 0.819. The van der Waals surface area contributed by atoms with E-state index in [1.165, 1.54) is 22.4 Å². The van der Waals surface area contributed by atoms with E-state index >= 15 is 0 Å². The van der Waals surface area contributed by atoms with Crippen molar-refractivity contribution in [2.75, 3.05) is 11.4 Å². The van der Waals surface area contributed by atoms with Crippen LogP contribution in [0.25, 0.3) is 0 Å². The molecule has 0 aliphatic rings. The molecule has 100 valence electrons. The maximum atomic E-state index is 5.81. The molecule has 2 aromatic rings. The highest BCUT2D eigenvalue weighted by Crippen LogP contribution is 2.20. The van der Waals surface area contributed by atoms with E-state index < -0.39 is 0 Å². The number of nitrogens with two attached hydrogens (primary N) is 1. The summed E-state index contributed by atoms with van der Waals surface area (Å²) in [5, 5.41) is 0. The first-order chi connectivity index (χ1) is 9.24.